The topological polar surface area (TPSA) is 63.6 Å². The Bertz CT molecular complexity index is 708. The number of hydrogen-bond donors (Lipinski definition) is 1. The molecular formula is C18H22O4S. The second kappa shape index (κ2) is 7.62. The Morgan fingerprint density at radius 1 is 1.04 bits per heavy atom. The molecular weight excluding hydrogens is 312 g/mol. The number of methoxy groups -OCH3 is 1. The highest BCUT2D eigenvalue weighted by Crippen LogP contribution is 2.34. The maximum Gasteiger partial charge on any atom is 0.187 e. The molecule has 2 atom stereocenters. The molecule has 0 bridgehead atoms. The van der Waals surface area contributed by atoms with E-state index in [4.69, 9.17) is 4.74 Å². The predicted octanol–water partition coefficient (Wildman–Crippen LogP) is 3.37. The van der Waals surface area contributed by atoms with E-state index in [-0.39, 0.29) is 4.90 Å². The lowest BCUT2D eigenvalue weighted by Gasteiger charge is -2.23. The number of benzene rings is 2. The third-order valence-corrected chi connectivity index (χ3v) is 5.97. The normalized spacial score (nSPS) is 14.2. The molecule has 0 aromatic heterocycles. The summed E-state index contributed by atoms with van der Waals surface area (Å²) in [7, 11) is -2.13. The minimum Gasteiger partial charge on any atom is -0.497 e. The molecule has 0 aliphatic rings. The summed E-state index contributed by atoms with van der Waals surface area (Å²) in [6.07, 6.45) is 0.166. The van der Waals surface area contributed by atoms with Gasteiger partial charge in [0.05, 0.1) is 18.1 Å². The van der Waals surface area contributed by atoms with Crippen LogP contribution in [0.4, 0.5) is 0 Å². The van der Waals surface area contributed by atoms with E-state index in [2.05, 4.69) is 0 Å². The first-order chi connectivity index (χ1) is 11.0. The number of aliphatic hydroxyl groups excluding tert-OH is 1. The summed E-state index contributed by atoms with van der Waals surface area (Å²) < 4.78 is 31.1. The molecule has 0 heterocycles. The van der Waals surface area contributed by atoms with E-state index in [9.17, 15) is 13.5 Å². The zero-order valence-electron chi connectivity index (χ0n) is 13.3. The highest BCUT2D eigenvalue weighted by Gasteiger charge is 2.34. The van der Waals surface area contributed by atoms with Crippen molar-refractivity contribution >= 4 is 9.84 Å². The van der Waals surface area contributed by atoms with Crippen LogP contribution in [-0.4, -0.2) is 26.7 Å². The summed E-state index contributed by atoms with van der Waals surface area (Å²) in [4.78, 5) is 0.218. The zero-order valence-corrected chi connectivity index (χ0v) is 14.2. The molecule has 0 aliphatic heterocycles. The van der Waals surface area contributed by atoms with Crippen molar-refractivity contribution in [2.24, 2.45) is 0 Å². The van der Waals surface area contributed by atoms with Crippen LogP contribution in [0.15, 0.2) is 59.5 Å². The minimum atomic E-state index is -3.69. The first-order valence-corrected chi connectivity index (χ1v) is 9.16. The van der Waals surface area contributed by atoms with Crippen molar-refractivity contribution in [1.29, 1.82) is 0 Å². The van der Waals surface area contributed by atoms with Gasteiger partial charge in [-0.05, 0) is 36.2 Å². The Hall–Kier alpha value is -1.85. The quantitative estimate of drug-likeness (QED) is 0.843. The van der Waals surface area contributed by atoms with E-state index < -0.39 is 21.2 Å². The van der Waals surface area contributed by atoms with Gasteiger partial charge in [0.15, 0.2) is 9.84 Å². The van der Waals surface area contributed by atoms with Gasteiger partial charge >= 0.3 is 0 Å². The smallest absolute Gasteiger partial charge is 0.187 e. The van der Waals surface area contributed by atoms with Gasteiger partial charge < -0.3 is 9.84 Å². The molecule has 4 nitrogen and oxygen atoms in total. The van der Waals surface area contributed by atoms with E-state index in [0.29, 0.717) is 24.2 Å². The van der Waals surface area contributed by atoms with E-state index in [0.717, 1.165) is 0 Å². The van der Waals surface area contributed by atoms with Gasteiger partial charge in [-0.25, -0.2) is 8.42 Å². The summed E-state index contributed by atoms with van der Waals surface area (Å²) in [6.45, 7) is 1.92. The number of aliphatic hydroxyl groups is 1. The van der Waals surface area contributed by atoms with Gasteiger partial charge in [0, 0.05) is 0 Å². The van der Waals surface area contributed by atoms with Crippen LogP contribution < -0.4 is 4.74 Å². The summed E-state index contributed by atoms with van der Waals surface area (Å²) in [5.74, 6) is 0.648. The second-order valence-electron chi connectivity index (χ2n) is 5.41. The van der Waals surface area contributed by atoms with Gasteiger partial charge in [0.2, 0.25) is 0 Å². The molecule has 2 unspecified atom stereocenters. The summed E-state index contributed by atoms with van der Waals surface area (Å²) in [5, 5.41) is 9.49. The lowest BCUT2D eigenvalue weighted by molar-refractivity contribution is 0.157. The van der Waals surface area contributed by atoms with Crippen LogP contribution in [0.5, 0.6) is 5.75 Å². The highest BCUT2D eigenvalue weighted by molar-refractivity contribution is 7.91. The second-order valence-corrected chi connectivity index (χ2v) is 7.48. The number of sulfone groups is 1. The molecule has 0 aliphatic carbocycles. The number of ether oxygens (including phenoxy) is 1. The van der Waals surface area contributed by atoms with E-state index >= 15 is 0 Å². The zero-order chi connectivity index (χ0) is 16.9. The van der Waals surface area contributed by atoms with Gasteiger partial charge in [-0.3, -0.25) is 0 Å². The number of rotatable bonds is 7. The maximum atomic E-state index is 13.0. The molecule has 23 heavy (non-hydrogen) atoms. The van der Waals surface area contributed by atoms with E-state index in [1.54, 1.807) is 61.7 Å². The van der Waals surface area contributed by atoms with Crippen LogP contribution in [0.3, 0.4) is 0 Å². The summed E-state index contributed by atoms with van der Waals surface area (Å²) >= 11 is 0. The van der Waals surface area contributed by atoms with Gasteiger partial charge in [0.1, 0.15) is 11.0 Å². The van der Waals surface area contributed by atoms with Crippen molar-refractivity contribution in [3.63, 3.8) is 0 Å². The molecule has 2 rings (SSSR count). The first-order valence-electron chi connectivity index (χ1n) is 7.61. The Balaban J connectivity index is 2.49. The monoisotopic (exact) mass is 334 g/mol. The van der Waals surface area contributed by atoms with E-state index in [1.165, 1.54) is 0 Å². The summed E-state index contributed by atoms with van der Waals surface area (Å²) in [5.41, 5.74) is 0.565. The first kappa shape index (κ1) is 17.5. The van der Waals surface area contributed by atoms with Crippen LogP contribution in [0.1, 0.15) is 30.6 Å². The molecule has 2 aromatic carbocycles. The van der Waals surface area contributed by atoms with Crippen LogP contribution >= 0.6 is 0 Å². The van der Waals surface area contributed by atoms with Gasteiger partial charge in [-0.2, -0.15) is 0 Å². The van der Waals surface area contributed by atoms with Crippen LogP contribution in [0.25, 0.3) is 0 Å². The molecule has 0 saturated carbocycles. The molecule has 0 amide bonds. The van der Waals surface area contributed by atoms with Crippen LogP contribution in [-0.2, 0) is 9.84 Å². The van der Waals surface area contributed by atoms with Crippen LogP contribution in [0, 0.1) is 0 Å². The summed E-state index contributed by atoms with van der Waals surface area (Å²) in [6, 6.07) is 15.1. The van der Waals surface area contributed by atoms with Crippen LogP contribution in [0.2, 0.25) is 0 Å². The highest BCUT2D eigenvalue weighted by atomic mass is 32.2. The largest absolute Gasteiger partial charge is 0.497 e. The third kappa shape index (κ3) is 3.92. The fraction of sp³-hybridized carbons (Fsp3) is 0.333. The predicted molar refractivity (Wildman–Crippen MR) is 90.3 cm³/mol. The Morgan fingerprint density at radius 3 is 2.17 bits per heavy atom. The molecule has 0 saturated heterocycles. The average molecular weight is 334 g/mol. The maximum absolute atomic E-state index is 13.0. The SMILES string of the molecule is CCCC(O)C(c1ccc(OC)cc1)S(=O)(=O)c1ccccc1. The standard InChI is InChI=1S/C18H22O4S/c1-3-7-17(19)18(14-10-12-15(22-2)13-11-14)23(20,21)16-8-5-4-6-9-16/h4-6,8-13,17-19H,3,7H2,1-2H3. The molecule has 0 fully saturated rings. The fourth-order valence-corrected chi connectivity index (χ4v) is 4.50. The molecule has 124 valence electrons. The molecule has 2 aromatic rings. The average Bonchev–Trinajstić information content (AvgIpc) is 2.56. The Labute approximate surface area is 137 Å². The molecule has 5 heteroatoms. The lowest BCUT2D eigenvalue weighted by Crippen LogP contribution is -2.26. The van der Waals surface area contributed by atoms with Gasteiger partial charge in [-0.15, -0.1) is 0 Å². The Morgan fingerprint density at radius 2 is 1.65 bits per heavy atom. The Kier molecular flexibility index (Phi) is 5.80. The molecule has 0 radical (unpaired) electrons. The van der Waals surface area contributed by atoms with E-state index in [1.807, 2.05) is 6.92 Å². The van der Waals surface area contributed by atoms with Crippen molar-refractivity contribution in [3.05, 3.63) is 60.2 Å². The minimum absolute atomic E-state index is 0.218. The molecule has 1 N–H and O–H groups in total. The van der Waals surface area contributed by atoms with Crippen molar-refractivity contribution < 1.29 is 18.3 Å². The van der Waals surface area contributed by atoms with Crippen molar-refractivity contribution in [2.45, 2.75) is 36.0 Å². The fourth-order valence-electron chi connectivity index (χ4n) is 2.61. The van der Waals surface area contributed by atoms with Gasteiger partial charge in [0.25, 0.3) is 0 Å². The van der Waals surface area contributed by atoms with Gasteiger partial charge in [-0.1, -0.05) is 43.7 Å². The van der Waals surface area contributed by atoms with Crippen molar-refractivity contribution in [3.8, 4) is 5.75 Å². The van der Waals surface area contributed by atoms with Crippen molar-refractivity contribution in [1.82, 2.24) is 0 Å². The van der Waals surface area contributed by atoms with Crippen molar-refractivity contribution in [2.75, 3.05) is 7.11 Å². The molecule has 0 spiro atoms. The third-order valence-electron chi connectivity index (χ3n) is 3.78. The lowest BCUT2D eigenvalue weighted by atomic mass is 10.0. The number of hydrogen-bond acceptors (Lipinski definition) is 4.